The zero-order valence-electron chi connectivity index (χ0n) is 14.0. The topological polar surface area (TPSA) is 26.3 Å². The lowest BCUT2D eigenvalue weighted by molar-refractivity contribution is -0.107. The third-order valence-corrected chi connectivity index (χ3v) is 5.50. The maximum Gasteiger partial charge on any atom is 0.149 e. The SMILES string of the molecule is CC(C)(C)C1=CC2(C(C)(C)C)C=C(C=O)C13OCC=C3C2. The molecule has 0 saturated carbocycles. The van der Waals surface area contributed by atoms with Crippen LogP contribution < -0.4 is 0 Å². The molecule has 2 heteroatoms. The summed E-state index contributed by atoms with van der Waals surface area (Å²) in [6.07, 6.45) is 8.75. The van der Waals surface area contributed by atoms with Crippen LogP contribution in [0, 0.1) is 16.2 Å². The molecule has 1 heterocycles. The van der Waals surface area contributed by atoms with E-state index in [0.717, 1.165) is 18.3 Å². The summed E-state index contributed by atoms with van der Waals surface area (Å²) in [6, 6.07) is 0. The van der Waals surface area contributed by atoms with Crippen molar-refractivity contribution >= 4 is 6.29 Å². The Morgan fingerprint density at radius 3 is 2.33 bits per heavy atom. The molecule has 0 N–H and O–H groups in total. The molecule has 2 unspecified atom stereocenters. The van der Waals surface area contributed by atoms with Crippen molar-refractivity contribution in [3.63, 3.8) is 0 Å². The van der Waals surface area contributed by atoms with E-state index in [1.807, 2.05) is 0 Å². The van der Waals surface area contributed by atoms with E-state index in [1.165, 1.54) is 11.1 Å². The predicted octanol–water partition coefficient (Wildman–Crippen LogP) is 4.23. The Kier molecular flexibility index (Phi) is 2.80. The van der Waals surface area contributed by atoms with Crippen molar-refractivity contribution < 1.29 is 9.53 Å². The minimum atomic E-state index is -0.576. The van der Waals surface area contributed by atoms with Crippen LogP contribution in [0.3, 0.4) is 0 Å². The molecule has 2 atom stereocenters. The van der Waals surface area contributed by atoms with E-state index in [2.05, 4.69) is 59.8 Å². The molecule has 0 amide bonds. The van der Waals surface area contributed by atoms with Crippen molar-refractivity contribution in [2.75, 3.05) is 6.61 Å². The zero-order valence-corrected chi connectivity index (χ0v) is 14.0. The Morgan fingerprint density at radius 2 is 1.81 bits per heavy atom. The number of carbonyl (C=O) groups excluding carboxylic acids is 1. The van der Waals surface area contributed by atoms with Gasteiger partial charge < -0.3 is 4.74 Å². The van der Waals surface area contributed by atoms with Crippen LogP contribution in [0.25, 0.3) is 0 Å². The number of carbonyl (C=O) groups is 1. The van der Waals surface area contributed by atoms with Crippen molar-refractivity contribution in [2.45, 2.75) is 53.6 Å². The minimum absolute atomic E-state index is 0.0249. The zero-order chi connectivity index (χ0) is 15.7. The van der Waals surface area contributed by atoms with Crippen molar-refractivity contribution in [3.8, 4) is 0 Å². The molecule has 0 fully saturated rings. The van der Waals surface area contributed by atoms with Crippen LogP contribution in [0.5, 0.6) is 0 Å². The fourth-order valence-corrected chi connectivity index (χ4v) is 4.13. The Bertz CT molecular complexity index is 592. The Hall–Kier alpha value is -1.15. The van der Waals surface area contributed by atoms with Crippen molar-refractivity contribution in [1.29, 1.82) is 0 Å². The monoisotopic (exact) mass is 286 g/mol. The summed E-state index contributed by atoms with van der Waals surface area (Å²) in [5.41, 5.74) is 2.72. The normalized spacial score (nSPS) is 35.0. The number of rotatable bonds is 1. The fourth-order valence-electron chi connectivity index (χ4n) is 4.13. The largest absolute Gasteiger partial charge is 0.357 e. The summed E-state index contributed by atoms with van der Waals surface area (Å²) in [7, 11) is 0. The van der Waals surface area contributed by atoms with Gasteiger partial charge in [-0.2, -0.15) is 0 Å². The van der Waals surface area contributed by atoms with Gasteiger partial charge in [0.1, 0.15) is 11.9 Å². The fraction of sp³-hybridized carbons (Fsp3) is 0.632. The van der Waals surface area contributed by atoms with Gasteiger partial charge in [-0.1, -0.05) is 59.8 Å². The molecule has 0 saturated heterocycles. The molecule has 0 aromatic rings. The van der Waals surface area contributed by atoms with Crippen LogP contribution in [0.15, 0.2) is 34.9 Å². The van der Waals surface area contributed by atoms with Crippen molar-refractivity contribution in [1.82, 2.24) is 0 Å². The quantitative estimate of drug-likeness (QED) is 0.532. The summed E-state index contributed by atoms with van der Waals surface area (Å²) in [5, 5.41) is 0. The molecule has 1 spiro atoms. The first-order valence-electron chi connectivity index (χ1n) is 7.83. The second kappa shape index (κ2) is 3.98. The van der Waals surface area contributed by atoms with E-state index in [-0.39, 0.29) is 16.2 Å². The standard InChI is InChI=1S/C19H26O2/c1-16(2,3)15-11-18(17(4,5)6)9-13-7-8-21-19(13,15)14(10-18)12-20/h7,10-12H,8-9H2,1-6H3. The third kappa shape index (κ3) is 1.72. The predicted molar refractivity (Wildman–Crippen MR) is 85.0 cm³/mol. The van der Waals surface area contributed by atoms with Crippen LogP contribution >= 0.6 is 0 Å². The van der Waals surface area contributed by atoms with Gasteiger partial charge in [0, 0.05) is 11.0 Å². The van der Waals surface area contributed by atoms with E-state index < -0.39 is 5.60 Å². The highest BCUT2D eigenvalue weighted by molar-refractivity contribution is 5.84. The van der Waals surface area contributed by atoms with Crippen LogP contribution in [0.4, 0.5) is 0 Å². The molecule has 1 aliphatic heterocycles. The van der Waals surface area contributed by atoms with Gasteiger partial charge in [0.25, 0.3) is 0 Å². The molecule has 114 valence electrons. The van der Waals surface area contributed by atoms with Crippen molar-refractivity contribution in [3.05, 3.63) is 34.9 Å². The number of aldehydes is 1. The van der Waals surface area contributed by atoms with Gasteiger partial charge in [-0.25, -0.2) is 0 Å². The molecule has 2 bridgehead atoms. The maximum absolute atomic E-state index is 11.8. The number of allylic oxidation sites excluding steroid dienone is 2. The summed E-state index contributed by atoms with van der Waals surface area (Å²) in [4.78, 5) is 11.8. The van der Waals surface area contributed by atoms with Gasteiger partial charge in [0.2, 0.25) is 0 Å². The highest BCUT2D eigenvalue weighted by atomic mass is 16.5. The highest BCUT2D eigenvalue weighted by Crippen LogP contribution is 2.64. The molecule has 0 radical (unpaired) electrons. The minimum Gasteiger partial charge on any atom is -0.357 e. The highest BCUT2D eigenvalue weighted by Gasteiger charge is 2.60. The molecule has 2 nitrogen and oxygen atoms in total. The smallest absolute Gasteiger partial charge is 0.149 e. The first-order chi connectivity index (χ1) is 9.57. The van der Waals surface area contributed by atoms with Gasteiger partial charge in [0.05, 0.1) is 6.61 Å². The maximum atomic E-state index is 11.8. The summed E-state index contributed by atoms with van der Waals surface area (Å²) >= 11 is 0. The average molecular weight is 286 g/mol. The molecule has 0 aromatic carbocycles. The molecular weight excluding hydrogens is 260 g/mol. The van der Waals surface area contributed by atoms with Crippen LogP contribution in [-0.4, -0.2) is 18.5 Å². The average Bonchev–Trinajstić information content (AvgIpc) is 2.78. The molecule has 21 heavy (non-hydrogen) atoms. The first kappa shape index (κ1) is 14.8. The van der Waals surface area contributed by atoms with Gasteiger partial charge in [-0.05, 0) is 28.4 Å². The summed E-state index contributed by atoms with van der Waals surface area (Å²) in [5.74, 6) is 0. The Balaban J connectivity index is 2.34. The van der Waals surface area contributed by atoms with Crippen molar-refractivity contribution in [2.24, 2.45) is 16.2 Å². The van der Waals surface area contributed by atoms with Gasteiger partial charge in [-0.3, -0.25) is 4.79 Å². The van der Waals surface area contributed by atoms with E-state index in [4.69, 9.17) is 4.74 Å². The van der Waals surface area contributed by atoms with Crippen LogP contribution in [0.1, 0.15) is 48.0 Å². The van der Waals surface area contributed by atoms with Gasteiger partial charge in [-0.15, -0.1) is 0 Å². The lowest BCUT2D eigenvalue weighted by Gasteiger charge is -2.56. The number of hydrogen-bond donors (Lipinski definition) is 0. The van der Waals surface area contributed by atoms with E-state index in [1.54, 1.807) is 0 Å². The Morgan fingerprint density at radius 1 is 1.14 bits per heavy atom. The lowest BCUT2D eigenvalue weighted by Crippen LogP contribution is -2.53. The van der Waals surface area contributed by atoms with Gasteiger partial charge >= 0.3 is 0 Å². The van der Waals surface area contributed by atoms with E-state index in [9.17, 15) is 4.79 Å². The van der Waals surface area contributed by atoms with Crippen LogP contribution in [-0.2, 0) is 9.53 Å². The Labute approximate surface area is 127 Å². The molecule has 3 aliphatic carbocycles. The second-order valence-corrected chi connectivity index (χ2v) is 8.71. The third-order valence-electron chi connectivity index (χ3n) is 5.50. The second-order valence-electron chi connectivity index (χ2n) is 8.71. The number of hydrogen-bond acceptors (Lipinski definition) is 2. The summed E-state index contributed by atoms with van der Waals surface area (Å²) in [6.45, 7) is 14.0. The molecular formula is C19H26O2. The summed E-state index contributed by atoms with van der Waals surface area (Å²) < 4.78 is 6.17. The van der Waals surface area contributed by atoms with E-state index in [0.29, 0.717) is 6.61 Å². The molecule has 0 aromatic heterocycles. The number of ether oxygens (including phenoxy) is 1. The van der Waals surface area contributed by atoms with E-state index >= 15 is 0 Å². The van der Waals surface area contributed by atoms with Gasteiger partial charge in [0.15, 0.2) is 0 Å². The first-order valence-corrected chi connectivity index (χ1v) is 7.83. The molecule has 4 aliphatic rings. The lowest BCUT2D eigenvalue weighted by atomic mass is 9.49. The van der Waals surface area contributed by atoms with Crippen LogP contribution in [0.2, 0.25) is 0 Å². The molecule has 4 rings (SSSR count).